The van der Waals surface area contributed by atoms with Crippen LogP contribution in [0.1, 0.15) is 30.2 Å². The van der Waals surface area contributed by atoms with Crippen LogP contribution in [0.4, 0.5) is 11.4 Å². The molecule has 0 aliphatic heterocycles. The SMILES string of the molecule is CC1C=Cc2c(oc3c(N(c4ccc(-c5ccccc5)cc4)C4C=CC(c5cccc(-n6c7ccccc7c7ccccc76)c5)=CC4)cccc23)C1. The quantitative estimate of drug-likeness (QED) is 0.176. The normalized spacial score (nSPS) is 16.8. The Morgan fingerprint density at radius 3 is 2.04 bits per heavy atom. The Morgan fingerprint density at radius 2 is 1.29 bits per heavy atom. The van der Waals surface area contributed by atoms with E-state index in [4.69, 9.17) is 4.42 Å². The lowest BCUT2D eigenvalue weighted by atomic mass is 9.94. The third kappa shape index (κ3) is 5.12. The van der Waals surface area contributed by atoms with Crippen LogP contribution in [0, 0.1) is 5.92 Å². The molecule has 0 saturated carbocycles. The van der Waals surface area contributed by atoms with Gasteiger partial charge in [-0.25, -0.2) is 0 Å². The average molecular weight is 671 g/mol. The third-order valence-electron chi connectivity index (χ3n) is 10.8. The van der Waals surface area contributed by atoms with Gasteiger partial charge >= 0.3 is 0 Å². The molecule has 3 nitrogen and oxygen atoms in total. The number of allylic oxidation sites excluding steroid dienone is 3. The minimum Gasteiger partial charge on any atom is -0.458 e. The molecule has 2 atom stereocenters. The fraction of sp³-hybridized carbons (Fsp3) is 0.102. The number of hydrogen-bond acceptors (Lipinski definition) is 2. The zero-order chi connectivity index (χ0) is 34.6. The van der Waals surface area contributed by atoms with E-state index in [-0.39, 0.29) is 6.04 Å². The number of aromatic nitrogens is 1. The highest BCUT2D eigenvalue weighted by atomic mass is 16.3. The van der Waals surface area contributed by atoms with Crippen LogP contribution < -0.4 is 4.90 Å². The van der Waals surface area contributed by atoms with Crippen molar-refractivity contribution in [2.75, 3.05) is 4.90 Å². The Kier molecular flexibility index (Phi) is 7.31. The molecule has 2 heterocycles. The van der Waals surface area contributed by atoms with Gasteiger partial charge in [0.05, 0.1) is 22.8 Å². The van der Waals surface area contributed by atoms with Crippen molar-refractivity contribution < 1.29 is 4.42 Å². The van der Waals surface area contributed by atoms with Crippen LogP contribution in [0.2, 0.25) is 0 Å². The van der Waals surface area contributed by atoms with Crippen molar-refractivity contribution in [1.29, 1.82) is 0 Å². The minimum absolute atomic E-state index is 0.106. The number of anilines is 2. The molecule has 2 aliphatic carbocycles. The molecule has 2 aliphatic rings. The molecule has 0 bridgehead atoms. The van der Waals surface area contributed by atoms with Crippen LogP contribution in [-0.2, 0) is 6.42 Å². The first-order valence-electron chi connectivity index (χ1n) is 18.3. The first-order chi connectivity index (χ1) is 25.7. The number of hydrogen-bond donors (Lipinski definition) is 0. The predicted molar refractivity (Wildman–Crippen MR) is 218 cm³/mol. The van der Waals surface area contributed by atoms with Crippen LogP contribution in [-0.4, -0.2) is 10.6 Å². The molecule has 52 heavy (non-hydrogen) atoms. The van der Waals surface area contributed by atoms with E-state index >= 15 is 0 Å². The first kappa shape index (κ1) is 30.5. The maximum Gasteiger partial charge on any atom is 0.158 e. The van der Waals surface area contributed by atoms with Gasteiger partial charge in [0.1, 0.15) is 5.76 Å². The molecule has 10 rings (SSSR count). The molecule has 3 heteroatoms. The van der Waals surface area contributed by atoms with Gasteiger partial charge < -0.3 is 13.9 Å². The number of para-hydroxylation sites is 3. The van der Waals surface area contributed by atoms with Gasteiger partial charge in [0.15, 0.2) is 5.58 Å². The van der Waals surface area contributed by atoms with E-state index in [1.807, 2.05) is 0 Å². The molecule has 0 fully saturated rings. The maximum atomic E-state index is 6.74. The molecular formula is C49H38N2O. The molecule has 2 unspecified atom stereocenters. The van der Waals surface area contributed by atoms with Crippen molar-refractivity contribution >= 4 is 55.8 Å². The third-order valence-corrected chi connectivity index (χ3v) is 10.8. The number of benzene rings is 6. The summed E-state index contributed by atoms with van der Waals surface area (Å²) in [6, 6.07) is 52.7. The van der Waals surface area contributed by atoms with Gasteiger partial charge in [-0.3, -0.25) is 0 Å². The van der Waals surface area contributed by atoms with Crippen molar-refractivity contribution in [1.82, 2.24) is 4.57 Å². The maximum absolute atomic E-state index is 6.74. The zero-order valence-electron chi connectivity index (χ0n) is 29.1. The van der Waals surface area contributed by atoms with Gasteiger partial charge in [-0.15, -0.1) is 0 Å². The molecule has 0 N–H and O–H groups in total. The van der Waals surface area contributed by atoms with Crippen molar-refractivity contribution in [3.63, 3.8) is 0 Å². The molecule has 0 radical (unpaired) electrons. The smallest absolute Gasteiger partial charge is 0.158 e. The van der Waals surface area contributed by atoms with E-state index in [2.05, 4.69) is 192 Å². The summed E-state index contributed by atoms with van der Waals surface area (Å²) < 4.78 is 9.14. The number of fused-ring (bicyclic) bond motifs is 6. The van der Waals surface area contributed by atoms with E-state index in [9.17, 15) is 0 Å². The summed E-state index contributed by atoms with van der Waals surface area (Å²) in [6.07, 6.45) is 13.4. The summed E-state index contributed by atoms with van der Waals surface area (Å²) in [5.41, 5.74) is 12.9. The largest absolute Gasteiger partial charge is 0.458 e. The second kappa shape index (κ2) is 12.5. The second-order valence-electron chi connectivity index (χ2n) is 14.2. The Labute approximate surface area is 304 Å². The van der Waals surface area contributed by atoms with E-state index < -0.39 is 0 Å². The summed E-state index contributed by atoms with van der Waals surface area (Å²) in [4.78, 5) is 2.47. The summed E-state index contributed by atoms with van der Waals surface area (Å²) in [5, 5.41) is 3.73. The Balaban J connectivity index is 1.03. The fourth-order valence-electron chi connectivity index (χ4n) is 8.31. The molecule has 0 saturated heterocycles. The van der Waals surface area contributed by atoms with E-state index in [1.54, 1.807) is 0 Å². The number of nitrogens with zero attached hydrogens (tertiary/aromatic N) is 2. The Hall–Kier alpha value is -6.32. The van der Waals surface area contributed by atoms with Crippen LogP contribution in [0.15, 0.2) is 174 Å². The molecule has 2 aromatic heterocycles. The molecule has 250 valence electrons. The van der Waals surface area contributed by atoms with Gasteiger partial charge in [-0.05, 0) is 77.1 Å². The van der Waals surface area contributed by atoms with Crippen LogP contribution >= 0.6 is 0 Å². The molecular weight excluding hydrogens is 633 g/mol. The Morgan fingerprint density at radius 1 is 0.615 bits per heavy atom. The lowest BCUT2D eigenvalue weighted by Gasteiger charge is -2.33. The second-order valence-corrected chi connectivity index (χ2v) is 14.2. The van der Waals surface area contributed by atoms with E-state index in [0.717, 1.165) is 35.6 Å². The van der Waals surface area contributed by atoms with Crippen LogP contribution in [0.5, 0.6) is 0 Å². The van der Waals surface area contributed by atoms with Crippen LogP contribution in [0.25, 0.3) is 61.2 Å². The predicted octanol–water partition coefficient (Wildman–Crippen LogP) is 13.0. The van der Waals surface area contributed by atoms with E-state index in [1.165, 1.54) is 60.7 Å². The molecule has 0 amide bonds. The highest BCUT2D eigenvalue weighted by Crippen LogP contribution is 2.42. The highest BCUT2D eigenvalue weighted by Gasteiger charge is 2.26. The molecule has 8 aromatic rings. The first-order valence-corrected chi connectivity index (χ1v) is 18.3. The van der Waals surface area contributed by atoms with Gasteiger partial charge in [0, 0.05) is 39.5 Å². The summed E-state index contributed by atoms with van der Waals surface area (Å²) >= 11 is 0. The summed E-state index contributed by atoms with van der Waals surface area (Å²) in [6.45, 7) is 2.25. The molecule has 6 aromatic carbocycles. The standard InChI is InChI=1S/C49H38N2O/c1-33-21-30-43-44-17-10-20-47(49(44)52-48(43)31-33)50(38-26-22-35(23-27-38)34-11-3-2-4-12-34)39-28-24-36(25-29-39)37-13-9-14-40(32-37)51-45-18-7-5-15-41(45)42-16-6-8-19-46(42)51/h2-28,30,32-33,39H,29,31H2,1H3. The highest BCUT2D eigenvalue weighted by molar-refractivity contribution is 6.09. The zero-order valence-corrected chi connectivity index (χ0v) is 29.1. The van der Waals surface area contributed by atoms with Gasteiger partial charge in [-0.1, -0.05) is 140 Å². The van der Waals surface area contributed by atoms with Crippen molar-refractivity contribution in [3.8, 4) is 16.8 Å². The van der Waals surface area contributed by atoms with Gasteiger partial charge in [-0.2, -0.15) is 0 Å². The minimum atomic E-state index is 0.106. The van der Waals surface area contributed by atoms with Gasteiger partial charge in [0.2, 0.25) is 0 Å². The Bertz CT molecular complexity index is 2650. The summed E-state index contributed by atoms with van der Waals surface area (Å²) in [7, 11) is 0. The van der Waals surface area contributed by atoms with Crippen LogP contribution in [0.3, 0.4) is 0 Å². The topological polar surface area (TPSA) is 21.3 Å². The number of furan rings is 1. The van der Waals surface area contributed by atoms with Crippen molar-refractivity contribution in [2.45, 2.75) is 25.8 Å². The lowest BCUT2D eigenvalue weighted by molar-refractivity contribution is 0.513. The summed E-state index contributed by atoms with van der Waals surface area (Å²) in [5.74, 6) is 1.55. The average Bonchev–Trinajstić information content (AvgIpc) is 3.75. The number of rotatable bonds is 6. The fourth-order valence-corrected chi connectivity index (χ4v) is 8.31. The van der Waals surface area contributed by atoms with Crippen molar-refractivity contribution in [2.24, 2.45) is 5.92 Å². The molecule has 0 spiro atoms. The van der Waals surface area contributed by atoms with Gasteiger partial charge in [0.25, 0.3) is 0 Å². The monoisotopic (exact) mass is 670 g/mol. The van der Waals surface area contributed by atoms with E-state index in [0.29, 0.717) is 5.92 Å². The lowest BCUT2D eigenvalue weighted by Crippen LogP contribution is -2.30. The van der Waals surface area contributed by atoms with Crippen molar-refractivity contribution in [3.05, 3.63) is 187 Å².